The molecule has 7 heteroatoms. The maximum Gasteiger partial charge on any atom is 0.338 e. The van der Waals surface area contributed by atoms with Gasteiger partial charge in [-0.05, 0) is 38.1 Å². The van der Waals surface area contributed by atoms with Crippen molar-refractivity contribution in [3.63, 3.8) is 0 Å². The van der Waals surface area contributed by atoms with Crippen LogP contribution in [0.4, 0.5) is 5.69 Å². The highest BCUT2D eigenvalue weighted by atomic mass is 16.5. The number of amides is 2. The first-order valence-corrected chi connectivity index (χ1v) is 9.65. The number of para-hydroxylation sites is 1. The predicted octanol–water partition coefficient (Wildman–Crippen LogP) is 3.56. The van der Waals surface area contributed by atoms with Gasteiger partial charge in [-0.15, -0.1) is 0 Å². The third-order valence-corrected chi connectivity index (χ3v) is 5.18. The smallest absolute Gasteiger partial charge is 0.338 e. The van der Waals surface area contributed by atoms with Gasteiger partial charge in [-0.3, -0.25) is 19.3 Å². The predicted molar refractivity (Wildman–Crippen MR) is 110 cm³/mol. The summed E-state index contributed by atoms with van der Waals surface area (Å²) in [6, 6.07) is 13.5. The molecule has 0 saturated carbocycles. The molecule has 7 nitrogen and oxygen atoms in total. The summed E-state index contributed by atoms with van der Waals surface area (Å²) in [5.41, 5.74) is 2.52. The Morgan fingerprint density at radius 3 is 2.47 bits per heavy atom. The van der Waals surface area contributed by atoms with E-state index in [4.69, 9.17) is 4.74 Å². The molecule has 4 rings (SSSR count). The molecule has 2 amide bonds. The van der Waals surface area contributed by atoms with Crippen LogP contribution >= 0.6 is 0 Å². The molecule has 0 bridgehead atoms. The van der Waals surface area contributed by atoms with E-state index in [-0.39, 0.29) is 36.0 Å². The van der Waals surface area contributed by atoms with Crippen molar-refractivity contribution >= 4 is 40.2 Å². The van der Waals surface area contributed by atoms with Gasteiger partial charge in [-0.1, -0.05) is 24.3 Å². The van der Waals surface area contributed by atoms with E-state index in [2.05, 4.69) is 4.98 Å². The van der Waals surface area contributed by atoms with Crippen molar-refractivity contribution in [2.75, 3.05) is 4.90 Å². The van der Waals surface area contributed by atoms with Gasteiger partial charge in [0.1, 0.15) is 0 Å². The van der Waals surface area contributed by atoms with Gasteiger partial charge in [0.05, 0.1) is 11.3 Å². The third-order valence-electron chi connectivity index (χ3n) is 5.18. The topological polar surface area (TPSA) is 96.5 Å². The largest absolute Gasteiger partial charge is 0.451 e. The van der Waals surface area contributed by atoms with Gasteiger partial charge in [0.2, 0.25) is 17.6 Å². The Bertz CT molecular complexity index is 1180. The summed E-state index contributed by atoms with van der Waals surface area (Å²) < 4.78 is 5.41. The Morgan fingerprint density at radius 1 is 1.03 bits per heavy atom. The molecule has 30 heavy (non-hydrogen) atoms. The summed E-state index contributed by atoms with van der Waals surface area (Å²) in [7, 11) is 0. The summed E-state index contributed by atoms with van der Waals surface area (Å²) in [6.45, 7) is 3.33. The molecule has 0 radical (unpaired) electrons. The van der Waals surface area contributed by atoms with E-state index < -0.39 is 12.1 Å². The molecule has 3 aromatic rings. The summed E-state index contributed by atoms with van der Waals surface area (Å²) in [4.78, 5) is 53.7. The molecule has 1 aliphatic rings. The van der Waals surface area contributed by atoms with Crippen LogP contribution in [0.3, 0.4) is 0 Å². The van der Waals surface area contributed by atoms with Gasteiger partial charge in [-0.25, -0.2) is 4.79 Å². The lowest BCUT2D eigenvalue weighted by molar-refractivity contribution is -0.121. The van der Waals surface area contributed by atoms with E-state index in [0.29, 0.717) is 16.9 Å². The van der Waals surface area contributed by atoms with Crippen LogP contribution in [0.15, 0.2) is 48.5 Å². The number of aryl methyl sites for hydroxylation is 1. The molecule has 1 aliphatic heterocycles. The maximum absolute atomic E-state index is 13.0. The Balaban J connectivity index is 1.54. The van der Waals surface area contributed by atoms with E-state index in [1.54, 1.807) is 19.1 Å². The number of nitrogens with one attached hydrogen (secondary N) is 1. The maximum atomic E-state index is 13.0. The summed E-state index contributed by atoms with van der Waals surface area (Å²) in [5.74, 6) is -1.61. The number of imide groups is 1. The number of ether oxygens (including phenoxy) is 1. The number of carbonyl (C=O) groups is 4. The molecule has 1 atom stereocenters. The number of hydrogen-bond acceptors (Lipinski definition) is 5. The highest BCUT2D eigenvalue weighted by Gasteiger charge is 2.31. The van der Waals surface area contributed by atoms with Gasteiger partial charge in [0, 0.05) is 35.0 Å². The number of aromatic amines is 1. The summed E-state index contributed by atoms with van der Waals surface area (Å²) in [5, 5.41) is 0.774. The standard InChI is InChI=1S/C23H20N2O5/c1-13-21(17-8-3-4-9-18(17)24-13)22(28)14(2)30-23(29)15-6-5-7-16(12-15)25-19(26)10-11-20(25)27/h3-9,12,14,24H,10-11H2,1-2H3/t14-/m1/s1. The number of ketones is 1. The molecule has 0 unspecified atom stereocenters. The number of hydrogen-bond donors (Lipinski definition) is 1. The molecule has 1 saturated heterocycles. The fourth-order valence-corrected chi connectivity index (χ4v) is 3.72. The molecular formula is C23H20N2O5. The second-order valence-electron chi connectivity index (χ2n) is 7.26. The molecule has 152 valence electrons. The molecule has 1 aromatic heterocycles. The first-order chi connectivity index (χ1) is 14.4. The number of esters is 1. The van der Waals surface area contributed by atoms with Gasteiger partial charge in [0.15, 0.2) is 6.10 Å². The van der Waals surface area contributed by atoms with Gasteiger partial charge in [0.25, 0.3) is 0 Å². The van der Waals surface area contributed by atoms with E-state index >= 15 is 0 Å². The number of rotatable bonds is 5. The number of carbonyl (C=O) groups excluding carboxylic acids is 4. The molecule has 2 heterocycles. The van der Waals surface area contributed by atoms with E-state index in [1.165, 1.54) is 19.1 Å². The van der Waals surface area contributed by atoms with Crippen molar-refractivity contribution in [2.45, 2.75) is 32.8 Å². The van der Waals surface area contributed by atoms with Crippen LogP contribution in [-0.4, -0.2) is 34.7 Å². The fraction of sp³-hybridized carbons (Fsp3) is 0.217. The number of aromatic nitrogens is 1. The number of fused-ring (bicyclic) bond motifs is 1. The Hall–Kier alpha value is -3.74. The van der Waals surface area contributed by atoms with E-state index in [0.717, 1.165) is 15.8 Å². The van der Waals surface area contributed by atoms with Crippen LogP contribution in [0.2, 0.25) is 0 Å². The Kier molecular flexibility index (Phi) is 4.95. The van der Waals surface area contributed by atoms with Crippen molar-refractivity contribution in [1.82, 2.24) is 4.98 Å². The summed E-state index contributed by atoms with van der Waals surface area (Å²) in [6.07, 6.45) is -0.694. The van der Waals surface area contributed by atoms with E-state index in [1.807, 2.05) is 24.3 Å². The van der Waals surface area contributed by atoms with Gasteiger partial charge < -0.3 is 9.72 Å². The number of H-pyrrole nitrogens is 1. The molecule has 0 spiro atoms. The van der Waals surface area contributed by atoms with Crippen LogP contribution in [0.25, 0.3) is 10.9 Å². The van der Waals surface area contributed by atoms with Crippen LogP contribution in [0, 0.1) is 6.92 Å². The van der Waals surface area contributed by atoms with Crippen molar-refractivity contribution in [1.29, 1.82) is 0 Å². The van der Waals surface area contributed by atoms with Crippen molar-refractivity contribution in [3.05, 3.63) is 65.4 Å². The van der Waals surface area contributed by atoms with Gasteiger partial charge in [-0.2, -0.15) is 0 Å². The molecular weight excluding hydrogens is 384 g/mol. The third kappa shape index (κ3) is 3.39. The zero-order chi connectivity index (χ0) is 21.4. The minimum absolute atomic E-state index is 0.156. The average Bonchev–Trinajstić information content (AvgIpc) is 3.25. The normalized spacial score (nSPS) is 14.9. The molecule has 1 N–H and O–H groups in total. The van der Waals surface area contributed by atoms with Crippen LogP contribution in [0.1, 0.15) is 46.2 Å². The number of nitrogens with zero attached hydrogens (tertiary/aromatic N) is 1. The first kappa shape index (κ1) is 19.6. The minimum Gasteiger partial charge on any atom is -0.451 e. The monoisotopic (exact) mass is 404 g/mol. The fourth-order valence-electron chi connectivity index (χ4n) is 3.72. The SMILES string of the molecule is Cc1[nH]c2ccccc2c1C(=O)[C@@H](C)OC(=O)c1cccc(N2C(=O)CCC2=O)c1. The number of Topliss-reactive ketones (excluding diaryl/α,β-unsaturated/α-hetero) is 1. The number of benzene rings is 2. The molecule has 1 fully saturated rings. The summed E-state index contributed by atoms with van der Waals surface area (Å²) >= 11 is 0. The van der Waals surface area contributed by atoms with Crippen molar-refractivity contribution < 1.29 is 23.9 Å². The lowest BCUT2D eigenvalue weighted by Crippen LogP contribution is -2.29. The first-order valence-electron chi connectivity index (χ1n) is 9.65. The van der Waals surface area contributed by atoms with Crippen LogP contribution in [0.5, 0.6) is 0 Å². The Morgan fingerprint density at radius 2 is 1.73 bits per heavy atom. The second kappa shape index (κ2) is 7.59. The minimum atomic E-state index is -1.01. The zero-order valence-corrected chi connectivity index (χ0v) is 16.6. The van der Waals surface area contributed by atoms with E-state index in [9.17, 15) is 19.2 Å². The van der Waals surface area contributed by atoms with Gasteiger partial charge >= 0.3 is 5.97 Å². The van der Waals surface area contributed by atoms with Crippen molar-refractivity contribution in [2.24, 2.45) is 0 Å². The van der Waals surface area contributed by atoms with Crippen LogP contribution < -0.4 is 4.90 Å². The second-order valence-corrected chi connectivity index (χ2v) is 7.26. The molecule has 0 aliphatic carbocycles. The highest BCUT2D eigenvalue weighted by Crippen LogP contribution is 2.26. The highest BCUT2D eigenvalue weighted by molar-refractivity contribution is 6.20. The lowest BCUT2D eigenvalue weighted by atomic mass is 10.0. The molecule has 2 aromatic carbocycles. The number of anilines is 1. The zero-order valence-electron chi connectivity index (χ0n) is 16.6. The Labute approximate surface area is 172 Å². The van der Waals surface area contributed by atoms with Crippen LogP contribution in [-0.2, 0) is 14.3 Å². The lowest BCUT2D eigenvalue weighted by Gasteiger charge is -2.16. The average molecular weight is 404 g/mol. The quantitative estimate of drug-likeness (QED) is 0.398. The van der Waals surface area contributed by atoms with Crippen molar-refractivity contribution in [3.8, 4) is 0 Å².